The van der Waals surface area contributed by atoms with E-state index in [9.17, 15) is 19.8 Å². The lowest BCUT2D eigenvalue weighted by Gasteiger charge is -2.63. The number of halogens is 3. The predicted molar refractivity (Wildman–Crippen MR) is 141 cm³/mol. The molecular formula is C30H36ClF2NO4. The van der Waals surface area contributed by atoms with E-state index in [1.165, 1.54) is 18.2 Å². The first kappa shape index (κ1) is 27.5. The van der Waals surface area contributed by atoms with Crippen LogP contribution in [-0.4, -0.2) is 58.4 Å². The van der Waals surface area contributed by atoms with Crippen LogP contribution in [-0.2, 0) is 16.1 Å². The molecule has 8 heteroatoms. The van der Waals surface area contributed by atoms with Crippen molar-refractivity contribution in [2.75, 3.05) is 13.6 Å². The van der Waals surface area contributed by atoms with E-state index in [0.717, 1.165) is 5.56 Å². The zero-order chi connectivity index (χ0) is 27.8. The van der Waals surface area contributed by atoms with Gasteiger partial charge in [-0.2, -0.15) is 0 Å². The van der Waals surface area contributed by atoms with Gasteiger partial charge in [0.25, 0.3) is 0 Å². The summed E-state index contributed by atoms with van der Waals surface area (Å²) >= 11 is 6.15. The van der Waals surface area contributed by atoms with Gasteiger partial charge >= 0.3 is 5.97 Å². The number of aliphatic carboxylic acids is 1. The van der Waals surface area contributed by atoms with Gasteiger partial charge in [0.2, 0.25) is 0 Å². The molecule has 1 unspecified atom stereocenters. The molecule has 0 radical (unpaired) electrons. The van der Waals surface area contributed by atoms with Crippen LogP contribution in [0.15, 0.2) is 48.1 Å². The molecular weight excluding hydrogens is 512 g/mol. The van der Waals surface area contributed by atoms with E-state index in [2.05, 4.69) is 0 Å². The SMILES string of the molecule is C[C@@H]1CC2[C@@H]3C[C@H](F)C4=CC(=O)C=C[C@]4(C)[C@@]3(F)[C@@H](O)C[C@]2(C)[C@@]1(CN(C)Cc1cccc(Cl)c1)C(=O)O. The van der Waals surface area contributed by atoms with Crippen molar-refractivity contribution >= 4 is 23.4 Å². The number of carbonyl (C=O) groups is 2. The van der Waals surface area contributed by atoms with Gasteiger partial charge in [0.1, 0.15) is 6.17 Å². The maximum Gasteiger partial charge on any atom is 0.311 e. The summed E-state index contributed by atoms with van der Waals surface area (Å²) in [6.07, 6.45) is 0.951. The molecule has 0 spiro atoms. The van der Waals surface area contributed by atoms with Gasteiger partial charge in [-0.25, -0.2) is 8.78 Å². The number of rotatable bonds is 5. The minimum absolute atomic E-state index is 0.0616. The monoisotopic (exact) mass is 547 g/mol. The molecule has 4 aliphatic rings. The van der Waals surface area contributed by atoms with Gasteiger partial charge in [0.05, 0.1) is 11.5 Å². The number of alkyl halides is 2. The van der Waals surface area contributed by atoms with Crippen LogP contribution in [0, 0.1) is 34.0 Å². The maximum atomic E-state index is 17.4. The number of carbonyl (C=O) groups excluding carboxylic acids is 1. The van der Waals surface area contributed by atoms with Crippen molar-refractivity contribution in [3.8, 4) is 0 Å². The summed E-state index contributed by atoms with van der Waals surface area (Å²) < 4.78 is 33.1. The Bertz CT molecular complexity index is 1240. The van der Waals surface area contributed by atoms with E-state index >= 15 is 8.78 Å². The lowest BCUT2D eigenvalue weighted by molar-refractivity contribution is -0.217. The molecule has 4 aliphatic carbocycles. The number of hydrogen-bond acceptors (Lipinski definition) is 4. The number of aliphatic hydroxyl groups excluding tert-OH is 1. The predicted octanol–water partition coefficient (Wildman–Crippen LogP) is 5.41. The zero-order valence-corrected chi connectivity index (χ0v) is 23.0. The fourth-order valence-corrected chi connectivity index (χ4v) is 9.15. The Morgan fingerprint density at radius 1 is 1.24 bits per heavy atom. The summed E-state index contributed by atoms with van der Waals surface area (Å²) in [6, 6.07) is 7.40. The number of benzene rings is 1. The first-order valence-corrected chi connectivity index (χ1v) is 13.7. The number of carboxylic acid groups (broad SMARTS) is 1. The van der Waals surface area contributed by atoms with Gasteiger partial charge in [0, 0.05) is 29.4 Å². The Morgan fingerprint density at radius 2 is 1.95 bits per heavy atom. The van der Waals surface area contributed by atoms with Gasteiger partial charge in [0.15, 0.2) is 11.5 Å². The molecule has 2 N–H and O–H groups in total. The second-order valence-corrected chi connectivity index (χ2v) is 13.0. The topological polar surface area (TPSA) is 77.8 Å². The average molecular weight is 548 g/mol. The molecule has 0 heterocycles. The molecule has 206 valence electrons. The highest BCUT2D eigenvalue weighted by Gasteiger charge is 2.77. The largest absolute Gasteiger partial charge is 0.481 e. The highest BCUT2D eigenvalue weighted by Crippen LogP contribution is 2.73. The lowest BCUT2D eigenvalue weighted by Crippen LogP contribution is -2.70. The molecule has 0 aliphatic heterocycles. The number of carboxylic acids is 1. The van der Waals surface area contributed by atoms with E-state index in [1.54, 1.807) is 13.0 Å². The zero-order valence-electron chi connectivity index (χ0n) is 22.3. The molecule has 0 saturated heterocycles. The lowest BCUT2D eigenvalue weighted by atomic mass is 9.43. The van der Waals surface area contributed by atoms with Crippen LogP contribution in [0.25, 0.3) is 0 Å². The summed E-state index contributed by atoms with van der Waals surface area (Å²) in [7, 11) is 1.86. The fourth-order valence-electron chi connectivity index (χ4n) is 8.93. The number of aliphatic hydroxyl groups is 1. The molecule has 1 aromatic rings. The standard InChI is InChI=1S/C30H36ClF2NO4/c1-17-10-21-22-13-24(32)23-12-20(35)8-9-27(23,2)30(22,33)25(36)14-28(21,3)29(17,26(37)38)16-34(4)15-18-6-5-7-19(31)11-18/h5-9,11-12,17,21-22,24-25,36H,10,13-16H2,1-4H3,(H,37,38)/t17-,21?,22+,24+,25+,27+,28+,29-,30+/m1/s1. The van der Waals surface area contributed by atoms with Crippen molar-refractivity contribution in [3.63, 3.8) is 0 Å². The van der Waals surface area contributed by atoms with Crippen LogP contribution in [0.3, 0.4) is 0 Å². The Kier molecular flexibility index (Phi) is 6.48. The van der Waals surface area contributed by atoms with Gasteiger partial charge in [-0.1, -0.05) is 43.7 Å². The summed E-state index contributed by atoms with van der Waals surface area (Å²) in [5.74, 6) is -3.05. The highest BCUT2D eigenvalue weighted by molar-refractivity contribution is 6.30. The van der Waals surface area contributed by atoms with Crippen molar-refractivity contribution < 1.29 is 28.6 Å². The third-order valence-electron chi connectivity index (χ3n) is 10.7. The Hall–Kier alpha value is -2.09. The van der Waals surface area contributed by atoms with Crippen LogP contribution in [0.1, 0.15) is 45.6 Å². The molecule has 5 rings (SSSR count). The third-order valence-corrected chi connectivity index (χ3v) is 11.0. The number of nitrogens with zero attached hydrogens (tertiary/aromatic N) is 1. The Balaban J connectivity index is 1.55. The van der Waals surface area contributed by atoms with Crippen LogP contribution in [0.2, 0.25) is 5.02 Å². The molecule has 0 bridgehead atoms. The van der Waals surface area contributed by atoms with E-state index in [-0.39, 0.29) is 36.7 Å². The van der Waals surface area contributed by atoms with Crippen LogP contribution >= 0.6 is 11.6 Å². The molecule has 3 fully saturated rings. The van der Waals surface area contributed by atoms with Crippen molar-refractivity contribution in [1.82, 2.24) is 4.90 Å². The first-order chi connectivity index (χ1) is 17.7. The van der Waals surface area contributed by atoms with Gasteiger partial charge in [-0.3, -0.25) is 9.59 Å². The summed E-state index contributed by atoms with van der Waals surface area (Å²) in [4.78, 5) is 27.2. The van der Waals surface area contributed by atoms with Gasteiger partial charge < -0.3 is 15.1 Å². The Labute approximate surface area is 227 Å². The van der Waals surface area contributed by atoms with Crippen LogP contribution < -0.4 is 0 Å². The fraction of sp³-hybridized carbons (Fsp3) is 0.600. The van der Waals surface area contributed by atoms with Crippen molar-refractivity contribution in [2.24, 2.45) is 34.0 Å². The number of allylic oxidation sites excluding steroid dienone is 4. The second kappa shape index (κ2) is 8.97. The van der Waals surface area contributed by atoms with Gasteiger partial charge in [-0.05, 0) is 85.9 Å². The number of ketones is 1. The minimum Gasteiger partial charge on any atom is -0.481 e. The van der Waals surface area contributed by atoms with E-state index in [1.807, 2.05) is 44.0 Å². The normalized spacial score (nSPS) is 43.9. The van der Waals surface area contributed by atoms with Crippen molar-refractivity contribution in [3.05, 3.63) is 58.7 Å². The number of fused-ring (bicyclic) bond motifs is 5. The minimum atomic E-state index is -2.22. The van der Waals surface area contributed by atoms with Gasteiger partial charge in [-0.15, -0.1) is 0 Å². The Morgan fingerprint density at radius 3 is 2.61 bits per heavy atom. The highest BCUT2D eigenvalue weighted by atomic mass is 35.5. The molecule has 0 amide bonds. The van der Waals surface area contributed by atoms with Crippen LogP contribution in [0.5, 0.6) is 0 Å². The summed E-state index contributed by atoms with van der Waals surface area (Å²) in [5, 5.41) is 23.0. The van der Waals surface area contributed by atoms with Crippen molar-refractivity contribution in [2.45, 2.75) is 64.5 Å². The first-order valence-electron chi connectivity index (χ1n) is 13.3. The quantitative estimate of drug-likeness (QED) is 0.515. The molecule has 9 atom stereocenters. The summed E-state index contributed by atoms with van der Waals surface area (Å²) in [5.41, 5.74) is -4.95. The molecule has 5 nitrogen and oxygen atoms in total. The van der Waals surface area contributed by atoms with Crippen molar-refractivity contribution in [1.29, 1.82) is 0 Å². The maximum absolute atomic E-state index is 17.4. The van der Waals surface area contributed by atoms with Crippen LogP contribution in [0.4, 0.5) is 8.78 Å². The number of hydrogen-bond donors (Lipinski definition) is 2. The third kappa shape index (κ3) is 3.54. The van der Waals surface area contributed by atoms with E-state index < -0.39 is 52.0 Å². The second-order valence-electron chi connectivity index (χ2n) is 12.6. The average Bonchev–Trinajstić information content (AvgIpc) is 3.04. The van der Waals surface area contributed by atoms with E-state index in [0.29, 0.717) is 18.0 Å². The molecule has 3 saturated carbocycles. The molecule has 1 aromatic carbocycles. The smallest absolute Gasteiger partial charge is 0.311 e. The molecule has 38 heavy (non-hydrogen) atoms. The summed E-state index contributed by atoms with van der Waals surface area (Å²) in [6.45, 7) is 5.97. The van der Waals surface area contributed by atoms with E-state index in [4.69, 9.17) is 11.6 Å². The molecule has 0 aromatic heterocycles.